The van der Waals surface area contributed by atoms with Gasteiger partial charge in [-0.05, 0) is 73.6 Å². The third-order valence-electron chi connectivity index (χ3n) is 6.48. The molecule has 0 saturated carbocycles. The highest BCUT2D eigenvalue weighted by molar-refractivity contribution is 5.39. The van der Waals surface area contributed by atoms with Crippen LogP contribution in [0.4, 0.5) is 0 Å². The minimum absolute atomic E-state index is 0.385. The van der Waals surface area contributed by atoms with Crippen molar-refractivity contribution in [2.45, 2.75) is 62.6 Å². The normalized spacial score (nSPS) is 25.3. The number of aryl methyl sites for hydroxylation is 2. The van der Waals surface area contributed by atoms with Crippen molar-refractivity contribution < 1.29 is 9.78 Å². The third-order valence-corrected chi connectivity index (χ3v) is 6.48. The van der Waals surface area contributed by atoms with E-state index < -0.39 is 0 Å². The zero-order valence-corrected chi connectivity index (χ0v) is 16.7. The second kappa shape index (κ2) is 8.06. The first kappa shape index (κ1) is 19.2. The molecule has 2 aromatic rings. The van der Waals surface area contributed by atoms with Crippen molar-refractivity contribution in [3.05, 3.63) is 96.1 Å². The van der Waals surface area contributed by atoms with Crippen LogP contribution in [0.25, 0.3) is 0 Å². The molecule has 0 amide bonds. The first-order valence-corrected chi connectivity index (χ1v) is 10.5. The van der Waals surface area contributed by atoms with Gasteiger partial charge >= 0.3 is 0 Å². The Morgan fingerprint density at radius 3 is 1.57 bits per heavy atom. The standard InChI is InChI=1S/C26H30O2/c1-3-5-17-25(19-15-21-11-7-9-13-23(21)25)27-28-26(18-6-4-2)20-16-22-12-8-10-14-24(22)26/h3-4,7-14H,1-2,5-6,15-20H2. The molecule has 146 valence electrons. The average Bonchev–Trinajstić information content (AvgIpc) is 3.30. The quantitative estimate of drug-likeness (QED) is 0.281. The molecule has 2 heteroatoms. The number of fused-ring (bicyclic) bond motifs is 2. The molecule has 28 heavy (non-hydrogen) atoms. The van der Waals surface area contributed by atoms with Gasteiger partial charge in [0.05, 0.1) is 0 Å². The molecule has 2 aliphatic rings. The third kappa shape index (κ3) is 3.36. The molecule has 0 saturated heterocycles. The monoisotopic (exact) mass is 374 g/mol. The predicted molar refractivity (Wildman–Crippen MR) is 114 cm³/mol. The zero-order chi connectivity index (χ0) is 19.5. The van der Waals surface area contributed by atoms with Gasteiger partial charge in [-0.1, -0.05) is 60.7 Å². The number of allylic oxidation sites excluding steroid dienone is 2. The maximum absolute atomic E-state index is 6.48. The van der Waals surface area contributed by atoms with Crippen LogP contribution in [0.5, 0.6) is 0 Å². The SMILES string of the molecule is C=CCCC1(OOC2(CCC=C)CCc3ccccc32)CCc2ccccc21. The zero-order valence-electron chi connectivity index (χ0n) is 16.7. The molecular formula is C26H30O2. The second-order valence-corrected chi connectivity index (χ2v) is 8.12. The van der Waals surface area contributed by atoms with Crippen LogP contribution < -0.4 is 0 Å². The van der Waals surface area contributed by atoms with Crippen LogP contribution in [0, 0.1) is 0 Å². The van der Waals surface area contributed by atoms with E-state index in [1.807, 2.05) is 12.2 Å². The van der Waals surface area contributed by atoms with Crippen molar-refractivity contribution in [3.63, 3.8) is 0 Å². The number of hydrogen-bond acceptors (Lipinski definition) is 2. The fraction of sp³-hybridized carbons (Fsp3) is 0.385. The lowest BCUT2D eigenvalue weighted by Gasteiger charge is -2.36. The van der Waals surface area contributed by atoms with E-state index in [-0.39, 0.29) is 11.2 Å². The molecule has 0 fully saturated rings. The molecule has 4 rings (SSSR count). The summed E-state index contributed by atoms with van der Waals surface area (Å²) in [6, 6.07) is 17.3. The van der Waals surface area contributed by atoms with Crippen LogP contribution in [-0.2, 0) is 33.8 Å². The van der Waals surface area contributed by atoms with Gasteiger partial charge in [-0.15, -0.1) is 13.2 Å². The molecule has 2 aromatic carbocycles. The lowest BCUT2D eigenvalue weighted by Crippen LogP contribution is -2.34. The van der Waals surface area contributed by atoms with E-state index >= 15 is 0 Å². The van der Waals surface area contributed by atoms with Crippen LogP contribution in [0.1, 0.15) is 60.8 Å². The van der Waals surface area contributed by atoms with Gasteiger partial charge in [-0.25, -0.2) is 9.78 Å². The highest BCUT2D eigenvalue weighted by Crippen LogP contribution is 2.49. The Kier molecular flexibility index (Phi) is 5.52. The van der Waals surface area contributed by atoms with Gasteiger partial charge in [0.25, 0.3) is 0 Å². The van der Waals surface area contributed by atoms with Crippen LogP contribution in [0.15, 0.2) is 73.8 Å². The summed E-state index contributed by atoms with van der Waals surface area (Å²) in [5.41, 5.74) is 4.54. The van der Waals surface area contributed by atoms with Crippen molar-refractivity contribution in [1.82, 2.24) is 0 Å². The lowest BCUT2D eigenvalue weighted by atomic mass is 9.90. The smallest absolute Gasteiger partial charge is 0.129 e. The summed E-state index contributed by atoms with van der Waals surface area (Å²) >= 11 is 0. The van der Waals surface area contributed by atoms with Crippen LogP contribution in [0.2, 0.25) is 0 Å². The molecule has 0 aliphatic heterocycles. The van der Waals surface area contributed by atoms with Crippen molar-refractivity contribution in [2.75, 3.05) is 0 Å². The predicted octanol–water partition coefficient (Wildman–Crippen LogP) is 6.55. The maximum Gasteiger partial charge on any atom is 0.129 e. The van der Waals surface area contributed by atoms with Crippen molar-refractivity contribution >= 4 is 0 Å². The van der Waals surface area contributed by atoms with Crippen molar-refractivity contribution in [3.8, 4) is 0 Å². The van der Waals surface area contributed by atoms with Gasteiger partial charge in [-0.3, -0.25) is 0 Å². The maximum atomic E-state index is 6.48. The molecule has 2 unspecified atom stereocenters. The highest BCUT2D eigenvalue weighted by Gasteiger charge is 2.46. The fourth-order valence-corrected chi connectivity index (χ4v) is 4.91. The second-order valence-electron chi connectivity index (χ2n) is 8.12. The van der Waals surface area contributed by atoms with Crippen molar-refractivity contribution in [2.24, 2.45) is 0 Å². The summed E-state index contributed by atoms with van der Waals surface area (Å²) in [5, 5.41) is 0. The van der Waals surface area contributed by atoms with Gasteiger partial charge in [0, 0.05) is 0 Å². The summed E-state index contributed by atoms with van der Waals surface area (Å²) < 4.78 is 0. The molecule has 0 heterocycles. The molecule has 0 spiro atoms. The number of benzene rings is 2. The summed E-state index contributed by atoms with van der Waals surface area (Å²) in [6.45, 7) is 7.85. The van der Waals surface area contributed by atoms with Gasteiger partial charge in [0.2, 0.25) is 0 Å². The van der Waals surface area contributed by atoms with E-state index in [1.165, 1.54) is 22.3 Å². The van der Waals surface area contributed by atoms with E-state index in [1.54, 1.807) is 0 Å². The highest BCUT2D eigenvalue weighted by atomic mass is 17.2. The Balaban J connectivity index is 1.64. The van der Waals surface area contributed by atoms with Crippen LogP contribution in [0.3, 0.4) is 0 Å². The Hall–Kier alpha value is -2.16. The first-order valence-electron chi connectivity index (χ1n) is 10.5. The van der Waals surface area contributed by atoms with Gasteiger partial charge in [0.1, 0.15) is 11.2 Å². The van der Waals surface area contributed by atoms with E-state index in [4.69, 9.17) is 9.78 Å². The molecule has 0 aromatic heterocycles. The van der Waals surface area contributed by atoms with E-state index in [9.17, 15) is 0 Å². The average molecular weight is 375 g/mol. The molecule has 0 bridgehead atoms. The van der Waals surface area contributed by atoms with Gasteiger partial charge < -0.3 is 0 Å². The number of rotatable bonds is 9. The summed E-state index contributed by atoms with van der Waals surface area (Å²) in [7, 11) is 0. The topological polar surface area (TPSA) is 18.5 Å². The summed E-state index contributed by atoms with van der Waals surface area (Å²) in [4.78, 5) is 13.0. The Morgan fingerprint density at radius 1 is 0.714 bits per heavy atom. The molecule has 2 nitrogen and oxygen atoms in total. The van der Waals surface area contributed by atoms with Crippen LogP contribution in [-0.4, -0.2) is 0 Å². The molecule has 0 N–H and O–H groups in total. The minimum Gasteiger partial charge on any atom is -0.224 e. The molecular weight excluding hydrogens is 344 g/mol. The summed E-state index contributed by atoms with van der Waals surface area (Å²) in [6.07, 6.45) is 11.6. The fourth-order valence-electron chi connectivity index (χ4n) is 4.91. The minimum atomic E-state index is -0.385. The summed E-state index contributed by atoms with van der Waals surface area (Å²) in [5.74, 6) is 0. The molecule has 0 radical (unpaired) electrons. The van der Waals surface area contributed by atoms with Gasteiger partial charge in [0.15, 0.2) is 0 Å². The Morgan fingerprint density at radius 2 is 1.14 bits per heavy atom. The van der Waals surface area contributed by atoms with E-state index in [0.717, 1.165) is 51.4 Å². The van der Waals surface area contributed by atoms with Crippen LogP contribution >= 0.6 is 0 Å². The lowest BCUT2D eigenvalue weighted by molar-refractivity contribution is -0.425. The molecule has 2 aliphatic carbocycles. The van der Waals surface area contributed by atoms with Crippen molar-refractivity contribution in [1.29, 1.82) is 0 Å². The van der Waals surface area contributed by atoms with E-state index in [0.29, 0.717) is 0 Å². The first-order chi connectivity index (χ1) is 13.7. The van der Waals surface area contributed by atoms with E-state index in [2.05, 4.69) is 61.7 Å². The van der Waals surface area contributed by atoms with Gasteiger partial charge in [-0.2, -0.15) is 0 Å². The Labute approximate surface area is 168 Å². The Bertz CT molecular complexity index is 784. The number of hydrogen-bond donors (Lipinski definition) is 0. The largest absolute Gasteiger partial charge is 0.224 e. The molecule has 2 atom stereocenters.